The van der Waals surface area contributed by atoms with Gasteiger partial charge in [-0.25, -0.2) is 0 Å². The first-order valence-corrected chi connectivity index (χ1v) is 12.8. The molecule has 1 heterocycles. The second-order valence-corrected chi connectivity index (χ2v) is 10.3. The maximum absolute atomic E-state index is 13.9. The van der Waals surface area contributed by atoms with Crippen LogP contribution >= 0.6 is 0 Å². The van der Waals surface area contributed by atoms with Gasteiger partial charge in [0.2, 0.25) is 0 Å². The number of nitrogens with one attached hydrogen (secondary N) is 1. The number of carbonyl (C=O) groups is 3. The lowest BCUT2D eigenvalue weighted by atomic mass is 9.65. The molecule has 1 aliphatic heterocycles. The lowest BCUT2D eigenvalue weighted by Gasteiger charge is -2.50. The fourth-order valence-corrected chi connectivity index (χ4v) is 6.29. The van der Waals surface area contributed by atoms with Crippen LogP contribution in [-0.2, 0) is 9.59 Å². The van der Waals surface area contributed by atoms with Gasteiger partial charge in [-0.15, -0.1) is 13.2 Å². The number of amides is 1. The van der Waals surface area contributed by atoms with Crippen molar-refractivity contribution in [2.75, 3.05) is 4.90 Å². The van der Waals surface area contributed by atoms with E-state index < -0.39 is 41.5 Å². The van der Waals surface area contributed by atoms with E-state index in [-0.39, 0.29) is 29.5 Å². The molecule has 2 fully saturated rings. The number of ether oxygens (including phenoxy) is 1. The van der Waals surface area contributed by atoms with Crippen molar-refractivity contribution in [3.8, 4) is 11.8 Å². The van der Waals surface area contributed by atoms with E-state index in [1.54, 1.807) is 23.1 Å². The number of aldehydes is 1. The van der Waals surface area contributed by atoms with Crippen LogP contribution in [0.1, 0.15) is 65.9 Å². The molecule has 11 heteroatoms. The predicted molar refractivity (Wildman–Crippen MR) is 132 cm³/mol. The normalized spacial score (nSPS) is 23.6. The zero-order valence-corrected chi connectivity index (χ0v) is 20.8. The summed E-state index contributed by atoms with van der Waals surface area (Å²) in [5.74, 6) is -3.10. The van der Waals surface area contributed by atoms with Gasteiger partial charge in [-0.05, 0) is 79.6 Å². The summed E-state index contributed by atoms with van der Waals surface area (Å²) in [6.07, 6.45) is -1.06. The van der Waals surface area contributed by atoms with Crippen molar-refractivity contribution in [1.29, 1.82) is 5.26 Å². The highest BCUT2D eigenvalue weighted by atomic mass is 19.4. The Kier molecular flexibility index (Phi) is 6.84. The molecule has 4 unspecified atom stereocenters. The largest absolute Gasteiger partial charge is 0.573 e. The Bertz CT molecular complexity index is 1340. The second kappa shape index (κ2) is 10.0. The van der Waals surface area contributed by atoms with E-state index in [0.717, 1.165) is 25.0 Å². The van der Waals surface area contributed by atoms with Crippen molar-refractivity contribution >= 4 is 23.9 Å². The van der Waals surface area contributed by atoms with Crippen LogP contribution in [0.25, 0.3) is 0 Å². The zero-order valence-electron chi connectivity index (χ0n) is 20.8. The number of carboxylic acids is 1. The maximum atomic E-state index is 13.9. The summed E-state index contributed by atoms with van der Waals surface area (Å²) in [6, 6.07) is 11.0. The monoisotopic (exact) mass is 541 g/mol. The minimum absolute atomic E-state index is 0.0411. The number of aliphatic carboxylic acids is 1. The lowest BCUT2D eigenvalue weighted by molar-refractivity contribution is -0.274. The third kappa shape index (κ3) is 4.96. The molecular formula is C28H26F3N3O5. The molecule has 2 aliphatic carbocycles. The minimum Gasteiger partial charge on any atom is -0.480 e. The number of alkyl halides is 3. The number of nitriles is 1. The van der Waals surface area contributed by atoms with E-state index >= 15 is 0 Å². The Morgan fingerprint density at radius 1 is 1.13 bits per heavy atom. The molecule has 4 atom stereocenters. The van der Waals surface area contributed by atoms with Crippen molar-refractivity contribution in [2.24, 2.45) is 5.92 Å². The van der Waals surface area contributed by atoms with E-state index in [9.17, 15) is 37.9 Å². The molecule has 8 nitrogen and oxygen atoms in total. The van der Waals surface area contributed by atoms with Crippen molar-refractivity contribution in [1.82, 2.24) is 5.32 Å². The minimum atomic E-state index is -4.87. The van der Waals surface area contributed by atoms with Gasteiger partial charge in [-0.2, -0.15) is 5.26 Å². The first-order valence-electron chi connectivity index (χ1n) is 12.8. The van der Waals surface area contributed by atoms with Gasteiger partial charge in [0, 0.05) is 35.7 Å². The molecule has 2 aromatic rings. The van der Waals surface area contributed by atoms with Gasteiger partial charge in [0.1, 0.15) is 17.6 Å². The highest BCUT2D eigenvalue weighted by Gasteiger charge is 2.58. The number of rotatable bonds is 8. The van der Waals surface area contributed by atoms with E-state index in [0.29, 0.717) is 36.8 Å². The van der Waals surface area contributed by atoms with Crippen molar-refractivity contribution in [3.63, 3.8) is 0 Å². The molecule has 204 valence electrons. The topological polar surface area (TPSA) is 120 Å². The van der Waals surface area contributed by atoms with Gasteiger partial charge in [0.25, 0.3) is 5.91 Å². The Balaban J connectivity index is 1.62. The molecule has 0 saturated heterocycles. The molecule has 2 N–H and O–H groups in total. The number of fused-ring (bicyclic) bond motifs is 2. The van der Waals surface area contributed by atoms with Crippen LogP contribution in [0.5, 0.6) is 5.75 Å². The molecule has 2 saturated carbocycles. The number of anilines is 1. The number of nitrogens with zero attached hydrogens (tertiary/aromatic N) is 2. The average molecular weight is 542 g/mol. The fraction of sp³-hybridized carbons (Fsp3) is 0.429. The van der Waals surface area contributed by atoms with E-state index in [2.05, 4.69) is 16.1 Å². The van der Waals surface area contributed by atoms with E-state index in [1.807, 2.05) is 0 Å². The third-order valence-electron chi connectivity index (χ3n) is 7.95. The third-order valence-corrected chi connectivity index (χ3v) is 7.95. The van der Waals surface area contributed by atoms with Crippen LogP contribution in [0.4, 0.5) is 18.9 Å². The number of benzene rings is 2. The smallest absolute Gasteiger partial charge is 0.480 e. The summed E-state index contributed by atoms with van der Waals surface area (Å²) in [5.41, 5.74) is -0.285. The standard InChI is InChI=1S/C28H26F3N3O5/c29-28(30,31)39-19-9-5-17(6-10-19)25(36)34-22-3-1-2-20(22)24(21-14-16(15-32)4-11-23(21)34)27(12-13-35,26(37)38)33-18-7-8-18/h4-6,9-11,13-14,18,20,22,24,33H,1-3,7-8,12H2,(H,37,38). The molecule has 0 bridgehead atoms. The Morgan fingerprint density at radius 3 is 2.44 bits per heavy atom. The summed E-state index contributed by atoms with van der Waals surface area (Å²) in [4.78, 5) is 40.3. The van der Waals surface area contributed by atoms with Gasteiger partial charge in [-0.3, -0.25) is 14.9 Å². The molecular weight excluding hydrogens is 515 g/mol. The van der Waals surface area contributed by atoms with Gasteiger partial charge in [0.05, 0.1) is 11.6 Å². The fourth-order valence-electron chi connectivity index (χ4n) is 6.29. The first kappa shape index (κ1) is 26.7. The Morgan fingerprint density at radius 2 is 1.85 bits per heavy atom. The van der Waals surface area contributed by atoms with Crippen LogP contribution < -0.4 is 15.0 Å². The van der Waals surface area contributed by atoms with Crippen molar-refractivity contribution in [2.45, 2.75) is 68.4 Å². The van der Waals surface area contributed by atoms with E-state index in [1.165, 1.54) is 12.1 Å². The van der Waals surface area contributed by atoms with Crippen LogP contribution in [0, 0.1) is 17.2 Å². The van der Waals surface area contributed by atoms with Gasteiger partial charge in [0.15, 0.2) is 0 Å². The molecule has 2 aromatic carbocycles. The van der Waals surface area contributed by atoms with E-state index in [4.69, 9.17) is 0 Å². The molecule has 1 amide bonds. The lowest BCUT2D eigenvalue weighted by Crippen LogP contribution is -2.62. The second-order valence-electron chi connectivity index (χ2n) is 10.3. The SMILES string of the molecule is N#Cc1ccc2c(c1)C(C(CC=O)(NC1CC1)C(=O)O)C1CCCC1N2C(=O)c1ccc(OC(F)(F)F)cc1. The Labute approximate surface area is 222 Å². The van der Waals surface area contributed by atoms with Crippen LogP contribution in [-0.4, -0.2) is 47.3 Å². The molecule has 5 rings (SSSR count). The molecule has 0 aromatic heterocycles. The Hall–Kier alpha value is -3.91. The molecule has 0 spiro atoms. The summed E-state index contributed by atoms with van der Waals surface area (Å²) >= 11 is 0. The molecule has 3 aliphatic rings. The highest BCUT2D eigenvalue weighted by molar-refractivity contribution is 6.07. The number of carbonyl (C=O) groups excluding carboxylic acids is 2. The summed E-state index contributed by atoms with van der Waals surface area (Å²) in [7, 11) is 0. The van der Waals surface area contributed by atoms with Gasteiger partial charge in [-0.1, -0.05) is 6.42 Å². The number of hydrogen-bond acceptors (Lipinski definition) is 6. The summed E-state index contributed by atoms with van der Waals surface area (Å²) in [6.45, 7) is 0. The number of hydrogen-bond donors (Lipinski definition) is 2. The molecule has 0 radical (unpaired) electrons. The summed E-state index contributed by atoms with van der Waals surface area (Å²) in [5, 5.41) is 23.4. The van der Waals surface area contributed by atoms with Crippen molar-refractivity contribution in [3.05, 3.63) is 59.2 Å². The predicted octanol–water partition coefficient (Wildman–Crippen LogP) is 4.53. The number of carboxylic acid groups (broad SMARTS) is 1. The van der Waals surface area contributed by atoms with Gasteiger partial charge < -0.3 is 19.5 Å². The first-order chi connectivity index (χ1) is 18.6. The zero-order chi connectivity index (χ0) is 27.9. The van der Waals surface area contributed by atoms with Crippen LogP contribution in [0.3, 0.4) is 0 Å². The number of halogens is 3. The van der Waals surface area contributed by atoms with Crippen LogP contribution in [0.2, 0.25) is 0 Å². The quantitative estimate of drug-likeness (QED) is 0.471. The van der Waals surface area contributed by atoms with Gasteiger partial charge >= 0.3 is 12.3 Å². The highest BCUT2D eigenvalue weighted by Crippen LogP contribution is 2.54. The van der Waals surface area contributed by atoms with Crippen LogP contribution in [0.15, 0.2) is 42.5 Å². The molecule has 39 heavy (non-hydrogen) atoms. The van der Waals surface area contributed by atoms with Crippen molar-refractivity contribution < 1.29 is 37.4 Å². The summed E-state index contributed by atoms with van der Waals surface area (Å²) < 4.78 is 41.7. The average Bonchev–Trinajstić information content (AvgIpc) is 3.58. The maximum Gasteiger partial charge on any atom is 0.573 e.